The standard InChI is InChI=1S/C14H22BrNO2/c1-18-10-8-16(7-9-17)12-14(11-15)13-5-3-2-4-6-13/h2-6,14,17H,7-12H2,1H3. The maximum Gasteiger partial charge on any atom is 0.0589 e. The number of hydrogen-bond acceptors (Lipinski definition) is 3. The molecule has 0 bridgehead atoms. The van der Waals surface area contributed by atoms with Gasteiger partial charge in [0.15, 0.2) is 0 Å². The minimum atomic E-state index is 0.188. The molecule has 0 saturated heterocycles. The Morgan fingerprint density at radius 2 is 2.00 bits per heavy atom. The number of nitrogens with zero attached hydrogens (tertiary/aromatic N) is 1. The summed E-state index contributed by atoms with van der Waals surface area (Å²) in [6.07, 6.45) is 0. The number of benzene rings is 1. The minimum Gasteiger partial charge on any atom is -0.395 e. The summed E-state index contributed by atoms with van der Waals surface area (Å²) in [4.78, 5) is 2.24. The Morgan fingerprint density at radius 1 is 1.28 bits per heavy atom. The zero-order chi connectivity index (χ0) is 13.2. The molecule has 4 heteroatoms. The lowest BCUT2D eigenvalue weighted by Crippen LogP contribution is -2.34. The fourth-order valence-electron chi connectivity index (χ4n) is 1.94. The largest absolute Gasteiger partial charge is 0.395 e. The van der Waals surface area contributed by atoms with Gasteiger partial charge in [0, 0.05) is 38.0 Å². The molecule has 0 aliphatic heterocycles. The van der Waals surface area contributed by atoms with Gasteiger partial charge in [0.25, 0.3) is 0 Å². The van der Waals surface area contributed by atoms with Gasteiger partial charge in [0.05, 0.1) is 13.2 Å². The Bertz CT molecular complexity index is 308. The highest BCUT2D eigenvalue weighted by molar-refractivity contribution is 9.09. The van der Waals surface area contributed by atoms with Crippen LogP contribution < -0.4 is 0 Å². The van der Waals surface area contributed by atoms with Crippen LogP contribution >= 0.6 is 15.9 Å². The Morgan fingerprint density at radius 3 is 2.56 bits per heavy atom. The average molecular weight is 316 g/mol. The Labute approximate surface area is 118 Å². The van der Waals surface area contributed by atoms with Gasteiger partial charge in [-0.1, -0.05) is 46.3 Å². The van der Waals surface area contributed by atoms with E-state index in [9.17, 15) is 0 Å². The van der Waals surface area contributed by atoms with Crippen LogP contribution in [0.2, 0.25) is 0 Å². The summed E-state index contributed by atoms with van der Waals surface area (Å²) >= 11 is 3.58. The summed E-state index contributed by atoms with van der Waals surface area (Å²) < 4.78 is 5.10. The second-order valence-corrected chi connectivity index (χ2v) is 4.93. The molecule has 0 amide bonds. The third kappa shape index (κ3) is 5.48. The van der Waals surface area contributed by atoms with Gasteiger partial charge in [-0.15, -0.1) is 0 Å². The number of halogens is 1. The molecule has 102 valence electrons. The van der Waals surface area contributed by atoms with Gasteiger partial charge in [-0.25, -0.2) is 0 Å². The molecule has 0 radical (unpaired) electrons. The molecule has 3 nitrogen and oxygen atoms in total. The van der Waals surface area contributed by atoms with E-state index in [-0.39, 0.29) is 6.61 Å². The molecule has 1 rings (SSSR count). The summed E-state index contributed by atoms with van der Waals surface area (Å²) in [5, 5.41) is 10.0. The molecular weight excluding hydrogens is 294 g/mol. The van der Waals surface area contributed by atoms with Crippen LogP contribution in [0, 0.1) is 0 Å². The van der Waals surface area contributed by atoms with Crippen LogP contribution in [0.15, 0.2) is 30.3 Å². The van der Waals surface area contributed by atoms with Gasteiger partial charge < -0.3 is 9.84 Å². The van der Waals surface area contributed by atoms with Crippen molar-refractivity contribution in [1.29, 1.82) is 0 Å². The first kappa shape index (κ1) is 15.6. The normalized spacial score (nSPS) is 12.9. The van der Waals surface area contributed by atoms with Crippen LogP contribution in [0.3, 0.4) is 0 Å². The Hall–Kier alpha value is -0.420. The van der Waals surface area contributed by atoms with Crippen LogP contribution in [0.4, 0.5) is 0 Å². The second kappa shape index (κ2) is 9.50. The number of aliphatic hydroxyl groups excluding tert-OH is 1. The number of methoxy groups -OCH3 is 1. The van der Waals surface area contributed by atoms with Crippen LogP contribution in [0.5, 0.6) is 0 Å². The molecule has 1 atom stereocenters. The summed E-state index contributed by atoms with van der Waals surface area (Å²) in [6.45, 7) is 3.36. The van der Waals surface area contributed by atoms with Crippen LogP contribution in [0.1, 0.15) is 11.5 Å². The van der Waals surface area contributed by atoms with E-state index in [1.807, 2.05) is 6.07 Å². The van der Waals surface area contributed by atoms with Gasteiger partial charge in [-0.2, -0.15) is 0 Å². The lowest BCUT2D eigenvalue weighted by atomic mass is 10.0. The fraction of sp³-hybridized carbons (Fsp3) is 0.571. The first-order valence-electron chi connectivity index (χ1n) is 6.24. The lowest BCUT2D eigenvalue weighted by molar-refractivity contribution is 0.128. The van der Waals surface area contributed by atoms with E-state index in [1.54, 1.807) is 7.11 Å². The predicted octanol–water partition coefficient (Wildman–Crippen LogP) is 2.11. The van der Waals surface area contributed by atoms with Crippen molar-refractivity contribution in [2.75, 3.05) is 45.3 Å². The predicted molar refractivity (Wildman–Crippen MR) is 78.4 cm³/mol. The van der Waals surface area contributed by atoms with Crippen molar-refractivity contribution in [1.82, 2.24) is 4.90 Å². The number of hydrogen-bond donors (Lipinski definition) is 1. The van der Waals surface area contributed by atoms with E-state index in [0.717, 1.165) is 18.4 Å². The van der Waals surface area contributed by atoms with Crippen molar-refractivity contribution < 1.29 is 9.84 Å². The molecule has 0 spiro atoms. The highest BCUT2D eigenvalue weighted by Gasteiger charge is 2.14. The fourth-order valence-corrected chi connectivity index (χ4v) is 2.51. The van der Waals surface area contributed by atoms with E-state index in [4.69, 9.17) is 9.84 Å². The number of ether oxygens (including phenoxy) is 1. The van der Waals surface area contributed by atoms with E-state index in [2.05, 4.69) is 45.1 Å². The van der Waals surface area contributed by atoms with E-state index in [1.165, 1.54) is 5.56 Å². The first-order chi connectivity index (χ1) is 8.81. The molecule has 0 aliphatic carbocycles. The molecule has 0 fully saturated rings. The van der Waals surface area contributed by atoms with Crippen molar-refractivity contribution in [3.8, 4) is 0 Å². The number of alkyl halides is 1. The SMILES string of the molecule is COCCN(CCO)CC(CBr)c1ccccc1. The highest BCUT2D eigenvalue weighted by atomic mass is 79.9. The molecule has 0 aliphatic rings. The molecule has 1 aromatic rings. The molecule has 18 heavy (non-hydrogen) atoms. The molecule has 0 saturated carbocycles. The summed E-state index contributed by atoms with van der Waals surface area (Å²) in [5.41, 5.74) is 1.33. The summed E-state index contributed by atoms with van der Waals surface area (Å²) in [6, 6.07) is 10.5. The molecule has 1 unspecified atom stereocenters. The first-order valence-corrected chi connectivity index (χ1v) is 7.37. The van der Waals surface area contributed by atoms with E-state index in [0.29, 0.717) is 19.1 Å². The maximum absolute atomic E-state index is 9.10. The van der Waals surface area contributed by atoms with Gasteiger partial charge in [-0.3, -0.25) is 4.90 Å². The monoisotopic (exact) mass is 315 g/mol. The lowest BCUT2D eigenvalue weighted by Gasteiger charge is -2.26. The summed E-state index contributed by atoms with van der Waals surface area (Å²) in [5.74, 6) is 0.439. The maximum atomic E-state index is 9.10. The van der Waals surface area contributed by atoms with Crippen molar-refractivity contribution in [2.45, 2.75) is 5.92 Å². The molecule has 0 heterocycles. The third-order valence-corrected chi connectivity index (χ3v) is 3.75. The molecule has 1 N–H and O–H groups in total. The Balaban J connectivity index is 2.58. The van der Waals surface area contributed by atoms with Crippen molar-refractivity contribution >= 4 is 15.9 Å². The van der Waals surface area contributed by atoms with Crippen molar-refractivity contribution in [3.05, 3.63) is 35.9 Å². The zero-order valence-electron chi connectivity index (χ0n) is 10.9. The van der Waals surface area contributed by atoms with Crippen molar-refractivity contribution in [3.63, 3.8) is 0 Å². The molecule has 0 aromatic heterocycles. The highest BCUT2D eigenvalue weighted by Crippen LogP contribution is 2.19. The van der Waals surface area contributed by atoms with Gasteiger partial charge in [0.1, 0.15) is 0 Å². The smallest absolute Gasteiger partial charge is 0.0589 e. The quantitative estimate of drug-likeness (QED) is 0.708. The zero-order valence-corrected chi connectivity index (χ0v) is 12.5. The van der Waals surface area contributed by atoms with Gasteiger partial charge in [-0.05, 0) is 5.56 Å². The molecular formula is C14H22BrNO2. The minimum absolute atomic E-state index is 0.188. The van der Waals surface area contributed by atoms with Crippen molar-refractivity contribution in [2.24, 2.45) is 0 Å². The topological polar surface area (TPSA) is 32.7 Å². The average Bonchev–Trinajstić information content (AvgIpc) is 2.43. The molecule has 1 aromatic carbocycles. The number of rotatable bonds is 9. The van der Waals surface area contributed by atoms with E-state index < -0.39 is 0 Å². The van der Waals surface area contributed by atoms with Crippen LogP contribution in [0.25, 0.3) is 0 Å². The third-order valence-electron chi connectivity index (χ3n) is 2.96. The van der Waals surface area contributed by atoms with Crippen LogP contribution in [-0.2, 0) is 4.74 Å². The van der Waals surface area contributed by atoms with Crippen LogP contribution in [-0.4, -0.2) is 55.3 Å². The summed E-state index contributed by atoms with van der Waals surface area (Å²) in [7, 11) is 1.70. The van der Waals surface area contributed by atoms with Gasteiger partial charge in [0.2, 0.25) is 0 Å². The number of aliphatic hydroxyl groups is 1. The Kier molecular flexibility index (Phi) is 8.25. The van der Waals surface area contributed by atoms with E-state index >= 15 is 0 Å². The van der Waals surface area contributed by atoms with Gasteiger partial charge >= 0.3 is 0 Å². The second-order valence-electron chi connectivity index (χ2n) is 4.28.